The molecule has 0 aliphatic heterocycles. The summed E-state index contributed by atoms with van der Waals surface area (Å²) in [4.78, 5) is 4.34. The van der Waals surface area contributed by atoms with E-state index in [0.29, 0.717) is 17.1 Å². The zero-order chi connectivity index (χ0) is 15.5. The first-order valence-corrected chi connectivity index (χ1v) is 7.87. The van der Waals surface area contributed by atoms with E-state index in [1.54, 1.807) is 38.2 Å². The molecule has 1 unspecified atom stereocenters. The molecule has 0 fully saturated rings. The highest BCUT2D eigenvalue weighted by atomic mass is 32.2. The summed E-state index contributed by atoms with van der Waals surface area (Å²) in [7, 11) is -2.20. The van der Waals surface area contributed by atoms with Crippen LogP contribution >= 0.6 is 0 Å². The molecule has 0 aliphatic rings. The highest BCUT2D eigenvalue weighted by Gasteiger charge is 2.26. The average molecular weight is 310 g/mol. The zero-order valence-electron chi connectivity index (χ0n) is 12.1. The molecule has 0 saturated heterocycles. The Labute approximate surface area is 123 Å². The number of nitrogens with zero attached hydrogens (tertiary/aromatic N) is 2. The molecule has 21 heavy (non-hydrogen) atoms. The van der Waals surface area contributed by atoms with E-state index in [4.69, 9.17) is 4.74 Å². The van der Waals surface area contributed by atoms with Gasteiger partial charge in [-0.25, -0.2) is 8.42 Å². The van der Waals surface area contributed by atoms with Crippen LogP contribution in [0.3, 0.4) is 0 Å². The molecule has 0 radical (unpaired) electrons. The summed E-state index contributed by atoms with van der Waals surface area (Å²) in [5.41, 5.74) is 1.52. The van der Waals surface area contributed by atoms with Crippen LogP contribution in [0.25, 0.3) is 0 Å². The van der Waals surface area contributed by atoms with E-state index in [-0.39, 0.29) is 11.5 Å². The van der Waals surface area contributed by atoms with Gasteiger partial charge in [-0.3, -0.25) is 10.1 Å². The van der Waals surface area contributed by atoms with Crippen LogP contribution in [-0.4, -0.2) is 37.3 Å². The summed E-state index contributed by atoms with van der Waals surface area (Å²) < 4.78 is 32.8. The van der Waals surface area contributed by atoms with Gasteiger partial charge in [-0.05, 0) is 26.0 Å². The Bertz CT molecular complexity index is 678. The van der Waals surface area contributed by atoms with Gasteiger partial charge in [-0.15, -0.1) is 0 Å². The van der Waals surface area contributed by atoms with Crippen LogP contribution in [0.5, 0.6) is 0 Å². The lowest BCUT2D eigenvalue weighted by Gasteiger charge is -2.17. The predicted molar refractivity (Wildman–Crippen MR) is 77.2 cm³/mol. The molecule has 0 aliphatic carbocycles. The standard InChI is InChI=1S/C13H18N4O3S/c1-9-13(10(2)16-15-9)21(18,19)17-12(8-20-3)11-6-4-5-7-14-11/h4-7,12,17H,8H2,1-3H3,(H,15,16). The molecule has 7 nitrogen and oxygen atoms in total. The minimum absolute atomic E-state index is 0.166. The van der Waals surface area contributed by atoms with Crippen molar-refractivity contribution in [1.82, 2.24) is 19.9 Å². The van der Waals surface area contributed by atoms with Gasteiger partial charge in [0.1, 0.15) is 4.90 Å². The normalized spacial score (nSPS) is 13.3. The van der Waals surface area contributed by atoms with Gasteiger partial charge >= 0.3 is 0 Å². The lowest BCUT2D eigenvalue weighted by atomic mass is 10.2. The molecule has 8 heteroatoms. The third kappa shape index (κ3) is 3.46. The molecule has 2 aromatic rings. The Morgan fingerprint density at radius 1 is 1.38 bits per heavy atom. The van der Waals surface area contributed by atoms with E-state index in [0.717, 1.165) is 0 Å². The SMILES string of the molecule is COCC(NS(=O)(=O)c1c(C)n[nH]c1C)c1ccccn1. The molecule has 2 N–H and O–H groups in total. The number of hydrogen-bond acceptors (Lipinski definition) is 5. The minimum atomic E-state index is -3.71. The van der Waals surface area contributed by atoms with Crippen LogP contribution < -0.4 is 4.72 Å². The highest BCUT2D eigenvalue weighted by molar-refractivity contribution is 7.89. The molecule has 114 valence electrons. The van der Waals surface area contributed by atoms with Gasteiger partial charge in [0, 0.05) is 13.3 Å². The smallest absolute Gasteiger partial charge is 0.244 e. The number of methoxy groups -OCH3 is 1. The van der Waals surface area contributed by atoms with Crippen LogP contribution in [0, 0.1) is 13.8 Å². The second-order valence-corrected chi connectivity index (χ2v) is 6.30. The molecule has 0 bridgehead atoms. The second-order valence-electron chi connectivity index (χ2n) is 4.65. The number of rotatable bonds is 6. The first kappa shape index (κ1) is 15.6. The van der Waals surface area contributed by atoms with E-state index in [1.807, 2.05) is 0 Å². The van der Waals surface area contributed by atoms with Crippen LogP contribution in [0.2, 0.25) is 0 Å². The first-order chi connectivity index (χ1) is 9.95. The number of aromatic nitrogens is 3. The van der Waals surface area contributed by atoms with E-state index >= 15 is 0 Å². The summed E-state index contributed by atoms with van der Waals surface area (Å²) in [6.07, 6.45) is 1.61. The molecule has 0 spiro atoms. The van der Waals surface area contributed by atoms with Crippen LogP contribution in [0.1, 0.15) is 23.1 Å². The summed E-state index contributed by atoms with van der Waals surface area (Å²) in [6.45, 7) is 3.50. The summed E-state index contributed by atoms with van der Waals surface area (Å²) in [5.74, 6) is 0. The topological polar surface area (TPSA) is 97.0 Å². The van der Waals surface area contributed by atoms with Crippen molar-refractivity contribution in [2.45, 2.75) is 24.8 Å². The second kappa shape index (κ2) is 6.33. The minimum Gasteiger partial charge on any atom is -0.383 e. The molecule has 0 amide bonds. The lowest BCUT2D eigenvalue weighted by Crippen LogP contribution is -2.32. The Hall–Kier alpha value is -1.77. The van der Waals surface area contributed by atoms with Crippen LogP contribution in [0.15, 0.2) is 29.3 Å². The van der Waals surface area contributed by atoms with Crippen molar-refractivity contribution in [2.75, 3.05) is 13.7 Å². The van der Waals surface area contributed by atoms with Gasteiger partial charge in [0.2, 0.25) is 10.0 Å². The Morgan fingerprint density at radius 3 is 2.67 bits per heavy atom. The Balaban J connectivity index is 2.33. The fraction of sp³-hybridized carbons (Fsp3) is 0.385. The Morgan fingerprint density at radius 2 is 2.14 bits per heavy atom. The fourth-order valence-electron chi connectivity index (χ4n) is 2.11. The van der Waals surface area contributed by atoms with E-state index < -0.39 is 16.1 Å². The highest BCUT2D eigenvalue weighted by Crippen LogP contribution is 2.20. The number of pyridine rings is 1. The van der Waals surface area contributed by atoms with Gasteiger partial charge in [0.25, 0.3) is 0 Å². The summed E-state index contributed by atoms with van der Waals surface area (Å²) >= 11 is 0. The molecule has 2 heterocycles. The third-order valence-corrected chi connectivity index (χ3v) is 4.74. The maximum atomic E-state index is 12.5. The molecular formula is C13H18N4O3S. The zero-order valence-corrected chi connectivity index (χ0v) is 12.9. The monoisotopic (exact) mass is 310 g/mol. The van der Waals surface area contributed by atoms with Crippen molar-refractivity contribution in [3.63, 3.8) is 0 Å². The maximum Gasteiger partial charge on any atom is 0.244 e. The largest absolute Gasteiger partial charge is 0.383 e. The van der Waals surface area contributed by atoms with Gasteiger partial charge in [-0.1, -0.05) is 6.07 Å². The maximum absolute atomic E-state index is 12.5. The van der Waals surface area contributed by atoms with Gasteiger partial charge in [-0.2, -0.15) is 9.82 Å². The van der Waals surface area contributed by atoms with E-state index in [9.17, 15) is 8.42 Å². The number of ether oxygens (including phenoxy) is 1. The molecule has 2 rings (SSSR count). The predicted octanol–water partition coefficient (Wildman–Crippen LogP) is 1.09. The first-order valence-electron chi connectivity index (χ1n) is 6.39. The van der Waals surface area contributed by atoms with E-state index in [1.165, 1.54) is 7.11 Å². The number of hydrogen-bond donors (Lipinski definition) is 2. The number of sulfonamides is 1. The number of aromatic amines is 1. The number of aryl methyl sites for hydroxylation is 2. The molecule has 1 atom stereocenters. The van der Waals surface area contributed by atoms with Crippen molar-refractivity contribution in [3.8, 4) is 0 Å². The lowest BCUT2D eigenvalue weighted by molar-refractivity contribution is 0.174. The van der Waals surface area contributed by atoms with Crippen molar-refractivity contribution in [3.05, 3.63) is 41.5 Å². The van der Waals surface area contributed by atoms with Crippen LogP contribution in [-0.2, 0) is 14.8 Å². The fourth-order valence-corrected chi connectivity index (χ4v) is 3.68. The molecule has 0 saturated carbocycles. The Kier molecular flexibility index (Phi) is 4.71. The van der Waals surface area contributed by atoms with Crippen molar-refractivity contribution < 1.29 is 13.2 Å². The quantitative estimate of drug-likeness (QED) is 0.832. The van der Waals surface area contributed by atoms with Crippen LogP contribution in [0.4, 0.5) is 0 Å². The van der Waals surface area contributed by atoms with Crippen molar-refractivity contribution >= 4 is 10.0 Å². The molecular weight excluding hydrogens is 292 g/mol. The number of nitrogens with one attached hydrogen (secondary N) is 2. The number of H-pyrrole nitrogens is 1. The van der Waals surface area contributed by atoms with Gasteiger partial charge in [0.15, 0.2) is 0 Å². The van der Waals surface area contributed by atoms with Gasteiger partial charge in [0.05, 0.1) is 29.7 Å². The summed E-state index contributed by atoms with van der Waals surface area (Å²) in [6, 6.07) is 4.76. The average Bonchev–Trinajstić information content (AvgIpc) is 2.79. The van der Waals surface area contributed by atoms with Crippen molar-refractivity contribution in [1.29, 1.82) is 0 Å². The van der Waals surface area contributed by atoms with Gasteiger partial charge < -0.3 is 4.74 Å². The van der Waals surface area contributed by atoms with E-state index in [2.05, 4.69) is 19.9 Å². The molecule has 0 aromatic carbocycles. The summed E-state index contributed by atoms with van der Waals surface area (Å²) in [5, 5.41) is 6.59. The van der Waals surface area contributed by atoms with Crippen molar-refractivity contribution in [2.24, 2.45) is 0 Å². The molecule has 2 aromatic heterocycles. The third-order valence-electron chi connectivity index (χ3n) is 3.00.